The normalized spacial score (nSPS) is 15.9. The molecule has 0 spiro atoms. The molecule has 29 heavy (non-hydrogen) atoms. The third kappa shape index (κ3) is 4.21. The van der Waals surface area contributed by atoms with Crippen LogP contribution in [0.5, 0.6) is 0 Å². The van der Waals surface area contributed by atoms with E-state index in [0.29, 0.717) is 19.5 Å². The number of amides is 1. The first-order valence-corrected chi connectivity index (χ1v) is 9.69. The molecule has 4 rings (SSSR count). The van der Waals surface area contributed by atoms with Gasteiger partial charge in [-0.1, -0.05) is 54.6 Å². The Hall–Kier alpha value is -3.41. The van der Waals surface area contributed by atoms with Crippen LogP contribution in [-0.4, -0.2) is 32.4 Å². The summed E-state index contributed by atoms with van der Waals surface area (Å²) in [7, 11) is 1.90. The third-order valence-electron chi connectivity index (χ3n) is 5.19. The summed E-state index contributed by atoms with van der Waals surface area (Å²) in [5.41, 5.74) is 3.21. The number of hydrogen-bond acceptors (Lipinski definition) is 4. The number of carbonyl (C=O) groups excluding carboxylic acids is 2. The van der Waals surface area contributed by atoms with Gasteiger partial charge in [-0.05, 0) is 16.7 Å². The number of imidazole rings is 1. The van der Waals surface area contributed by atoms with Gasteiger partial charge in [-0.3, -0.25) is 9.59 Å². The third-order valence-corrected chi connectivity index (χ3v) is 5.19. The van der Waals surface area contributed by atoms with Gasteiger partial charge in [0, 0.05) is 38.8 Å². The Kier molecular flexibility index (Phi) is 5.42. The van der Waals surface area contributed by atoms with Crippen LogP contribution in [-0.2, 0) is 34.5 Å². The zero-order chi connectivity index (χ0) is 20.2. The molecule has 0 saturated carbocycles. The number of aromatic nitrogens is 2. The van der Waals surface area contributed by atoms with Crippen molar-refractivity contribution in [1.29, 1.82) is 0 Å². The Balaban J connectivity index is 1.64. The molecular formula is C23H23N3O3. The number of rotatable bonds is 6. The second kappa shape index (κ2) is 8.31. The fraction of sp³-hybridized carbons (Fsp3) is 0.261. The van der Waals surface area contributed by atoms with Gasteiger partial charge in [-0.15, -0.1) is 0 Å². The molecule has 1 amide bonds. The van der Waals surface area contributed by atoms with E-state index in [-0.39, 0.29) is 18.3 Å². The monoisotopic (exact) mass is 389 g/mol. The molecule has 1 fully saturated rings. The molecule has 1 aliphatic heterocycles. The molecular weight excluding hydrogens is 366 g/mol. The summed E-state index contributed by atoms with van der Waals surface area (Å²) in [6.45, 7) is 0.754. The number of cyclic esters (lactones) is 1. The van der Waals surface area contributed by atoms with E-state index in [1.807, 2.05) is 54.2 Å². The highest BCUT2D eigenvalue weighted by Gasteiger charge is 2.33. The number of hydrogen-bond donors (Lipinski definition) is 0. The average Bonchev–Trinajstić information content (AvgIpc) is 3.36. The molecule has 2 heterocycles. The number of aryl methyl sites for hydroxylation is 1. The molecule has 148 valence electrons. The van der Waals surface area contributed by atoms with Crippen LogP contribution in [0.25, 0.3) is 11.1 Å². The Bertz CT molecular complexity index is 1010. The maximum absolute atomic E-state index is 13.2. The smallest absolute Gasteiger partial charge is 0.306 e. The number of benzene rings is 2. The van der Waals surface area contributed by atoms with Gasteiger partial charge in [-0.2, -0.15) is 0 Å². The van der Waals surface area contributed by atoms with Gasteiger partial charge in [0.2, 0.25) is 0 Å². The topological polar surface area (TPSA) is 64.4 Å². The van der Waals surface area contributed by atoms with Gasteiger partial charge in [0.05, 0.1) is 6.54 Å². The van der Waals surface area contributed by atoms with Crippen molar-refractivity contribution < 1.29 is 14.3 Å². The first-order chi connectivity index (χ1) is 14.1. The molecule has 6 heteroatoms. The molecule has 1 atom stereocenters. The lowest BCUT2D eigenvalue weighted by Crippen LogP contribution is -2.39. The van der Waals surface area contributed by atoms with E-state index in [9.17, 15) is 9.59 Å². The van der Waals surface area contributed by atoms with Crippen LogP contribution < -0.4 is 0 Å². The Labute approximate surface area is 169 Å². The molecule has 6 nitrogen and oxygen atoms in total. The standard InChI is InChI=1S/C23H23N3O3/c1-25-14-13-24-21(25)16-26(23(28)20-11-12-22(27)29-20)15-18-9-5-6-10-19(18)17-7-3-2-4-8-17/h2-10,13-14,20H,11-12,15-16H2,1H3/t20-/m0/s1. The van der Waals surface area contributed by atoms with Gasteiger partial charge >= 0.3 is 5.97 Å². The van der Waals surface area contributed by atoms with Gasteiger partial charge in [-0.25, -0.2) is 4.98 Å². The second-order valence-corrected chi connectivity index (χ2v) is 7.19. The van der Waals surface area contributed by atoms with E-state index in [2.05, 4.69) is 23.2 Å². The van der Waals surface area contributed by atoms with Crippen molar-refractivity contribution in [3.8, 4) is 11.1 Å². The Morgan fingerprint density at radius 1 is 1.14 bits per heavy atom. The molecule has 0 N–H and O–H groups in total. The lowest BCUT2D eigenvalue weighted by Gasteiger charge is -2.26. The van der Waals surface area contributed by atoms with E-state index in [1.165, 1.54) is 0 Å². The minimum Gasteiger partial charge on any atom is -0.452 e. The van der Waals surface area contributed by atoms with Crippen molar-refractivity contribution >= 4 is 11.9 Å². The van der Waals surface area contributed by atoms with Gasteiger partial charge < -0.3 is 14.2 Å². The van der Waals surface area contributed by atoms with Gasteiger partial charge in [0.15, 0.2) is 6.10 Å². The number of carbonyl (C=O) groups is 2. The van der Waals surface area contributed by atoms with Crippen LogP contribution >= 0.6 is 0 Å². The lowest BCUT2D eigenvalue weighted by molar-refractivity contribution is -0.153. The first kappa shape index (κ1) is 18.9. The molecule has 2 aromatic carbocycles. The van der Waals surface area contributed by atoms with Crippen molar-refractivity contribution in [3.63, 3.8) is 0 Å². The fourth-order valence-corrected chi connectivity index (χ4v) is 3.60. The number of nitrogens with zero attached hydrogens (tertiary/aromatic N) is 3. The zero-order valence-electron chi connectivity index (χ0n) is 16.3. The highest BCUT2D eigenvalue weighted by molar-refractivity contribution is 5.86. The van der Waals surface area contributed by atoms with E-state index in [4.69, 9.17) is 4.74 Å². The molecule has 0 aliphatic carbocycles. The van der Waals surface area contributed by atoms with Gasteiger partial charge in [0.1, 0.15) is 5.82 Å². The Morgan fingerprint density at radius 2 is 1.90 bits per heavy atom. The highest BCUT2D eigenvalue weighted by Crippen LogP contribution is 2.26. The second-order valence-electron chi connectivity index (χ2n) is 7.19. The van der Waals surface area contributed by atoms with Crippen molar-refractivity contribution in [1.82, 2.24) is 14.5 Å². The molecule has 0 unspecified atom stereocenters. The van der Waals surface area contributed by atoms with Crippen molar-refractivity contribution in [2.75, 3.05) is 0 Å². The molecule has 0 radical (unpaired) electrons. The molecule has 0 bridgehead atoms. The van der Waals surface area contributed by atoms with Crippen LogP contribution in [0.4, 0.5) is 0 Å². The van der Waals surface area contributed by atoms with Crippen molar-refractivity contribution in [3.05, 3.63) is 78.4 Å². The summed E-state index contributed by atoms with van der Waals surface area (Å²) in [6, 6.07) is 18.2. The summed E-state index contributed by atoms with van der Waals surface area (Å²) in [5.74, 6) is 0.284. The number of esters is 1. The lowest BCUT2D eigenvalue weighted by atomic mass is 9.99. The molecule has 1 aromatic heterocycles. The molecule has 1 aliphatic rings. The zero-order valence-corrected chi connectivity index (χ0v) is 16.3. The summed E-state index contributed by atoms with van der Waals surface area (Å²) >= 11 is 0. The van der Waals surface area contributed by atoms with Crippen LogP contribution in [0.1, 0.15) is 24.2 Å². The van der Waals surface area contributed by atoms with E-state index >= 15 is 0 Å². The predicted molar refractivity (Wildman–Crippen MR) is 108 cm³/mol. The van der Waals surface area contributed by atoms with E-state index in [1.54, 1.807) is 11.1 Å². The molecule has 1 saturated heterocycles. The van der Waals surface area contributed by atoms with Crippen molar-refractivity contribution in [2.45, 2.75) is 32.0 Å². The quantitative estimate of drug-likeness (QED) is 0.607. The minimum atomic E-state index is -0.716. The van der Waals surface area contributed by atoms with Crippen molar-refractivity contribution in [2.24, 2.45) is 7.05 Å². The summed E-state index contributed by atoms with van der Waals surface area (Å²) in [6.07, 6.45) is 3.56. The largest absolute Gasteiger partial charge is 0.452 e. The summed E-state index contributed by atoms with van der Waals surface area (Å²) in [5, 5.41) is 0. The summed E-state index contributed by atoms with van der Waals surface area (Å²) < 4.78 is 7.14. The van der Waals surface area contributed by atoms with E-state index < -0.39 is 6.10 Å². The van der Waals surface area contributed by atoms with Gasteiger partial charge in [0.25, 0.3) is 5.91 Å². The SMILES string of the molecule is Cn1ccnc1CN(Cc1ccccc1-c1ccccc1)C(=O)[C@@H]1CCC(=O)O1. The van der Waals surface area contributed by atoms with Crippen LogP contribution in [0.3, 0.4) is 0 Å². The predicted octanol–water partition coefficient (Wildman–Crippen LogP) is 3.32. The highest BCUT2D eigenvalue weighted by atomic mass is 16.6. The van der Waals surface area contributed by atoms with Crippen LogP contribution in [0.15, 0.2) is 67.0 Å². The maximum atomic E-state index is 13.2. The minimum absolute atomic E-state index is 0.179. The fourth-order valence-electron chi connectivity index (χ4n) is 3.60. The number of ether oxygens (including phenoxy) is 1. The Morgan fingerprint density at radius 3 is 2.59 bits per heavy atom. The van der Waals surface area contributed by atoms with Crippen LogP contribution in [0, 0.1) is 0 Å². The summed E-state index contributed by atoms with van der Waals surface area (Å²) in [4.78, 5) is 30.8. The van der Waals surface area contributed by atoms with E-state index in [0.717, 1.165) is 22.5 Å². The maximum Gasteiger partial charge on any atom is 0.306 e. The van der Waals surface area contributed by atoms with Crippen LogP contribution in [0.2, 0.25) is 0 Å². The average molecular weight is 389 g/mol. The first-order valence-electron chi connectivity index (χ1n) is 9.69. The molecule has 3 aromatic rings.